The number of esters is 1. The van der Waals surface area contributed by atoms with Crippen LogP contribution in [-0.2, 0) is 23.8 Å². The maximum absolute atomic E-state index is 13.7. The predicted octanol–water partition coefficient (Wildman–Crippen LogP) is 2.17. The normalized spacial score (nSPS) is 50.2. The van der Waals surface area contributed by atoms with Crippen LogP contribution in [0.25, 0.3) is 0 Å². The lowest BCUT2D eigenvalue weighted by molar-refractivity contribution is -0.371. The topological polar surface area (TPSA) is 102 Å². The average Bonchev–Trinajstić information content (AvgIpc) is 2.62. The number of hydrogen-bond donors (Lipinski definition) is 2. The maximum atomic E-state index is 13.7. The van der Waals surface area contributed by atoms with E-state index in [4.69, 9.17) is 14.2 Å². The van der Waals surface area contributed by atoms with Crippen molar-refractivity contribution in [3.63, 3.8) is 0 Å². The van der Waals surface area contributed by atoms with Gasteiger partial charge in [0, 0.05) is 31.8 Å². The van der Waals surface area contributed by atoms with Crippen molar-refractivity contribution in [2.45, 2.75) is 95.9 Å². The van der Waals surface area contributed by atoms with E-state index in [9.17, 15) is 19.8 Å². The molecule has 3 unspecified atom stereocenters. The SMILES string of the molecule is C=C[C@@]1(C)CC(=O)[C@]2(O)C3(C)[C@@H](OC)CCC(C)(C)[C@@H]3C(O)C(OC(C)=O)[C@@]2(C)O1. The van der Waals surface area contributed by atoms with Crippen LogP contribution in [-0.4, -0.2) is 64.2 Å². The van der Waals surface area contributed by atoms with E-state index in [1.165, 1.54) is 13.0 Å². The Morgan fingerprint density at radius 1 is 1.27 bits per heavy atom. The zero-order valence-electron chi connectivity index (χ0n) is 19.2. The first-order valence-electron chi connectivity index (χ1n) is 10.6. The van der Waals surface area contributed by atoms with Crippen LogP contribution >= 0.6 is 0 Å². The molecule has 1 heterocycles. The van der Waals surface area contributed by atoms with Gasteiger partial charge in [-0.3, -0.25) is 9.59 Å². The lowest BCUT2D eigenvalue weighted by atomic mass is 9.39. The zero-order chi connectivity index (χ0) is 22.9. The molecule has 0 aromatic rings. The average molecular weight is 425 g/mol. The van der Waals surface area contributed by atoms with Crippen LogP contribution < -0.4 is 0 Å². The zero-order valence-corrected chi connectivity index (χ0v) is 19.2. The van der Waals surface area contributed by atoms with Gasteiger partial charge in [-0.15, -0.1) is 6.58 Å². The Bertz CT molecular complexity index is 763. The summed E-state index contributed by atoms with van der Waals surface area (Å²) in [4.78, 5) is 25.8. The van der Waals surface area contributed by atoms with Crippen LogP contribution in [0.4, 0.5) is 0 Å². The number of carbonyl (C=O) groups is 2. The minimum atomic E-state index is -2.05. The first-order valence-corrected chi connectivity index (χ1v) is 10.6. The van der Waals surface area contributed by atoms with Gasteiger partial charge in [0.15, 0.2) is 17.5 Å². The second kappa shape index (κ2) is 6.86. The van der Waals surface area contributed by atoms with Crippen LogP contribution in [0, 0.1) is 16.7 Å². The van der Waals surface area contributed by atoms with Crippen molar-refractivity contribution in [2.24, 2.45) is 16.7 Å². The van der Waals surface area contributed by atoms with Gasteiger partial charge < -0.3 is 24.4 Å². The number of Topliss-reactive ketones (excluding diaryl/α,β-unsaturated/α-hetero) is 1. The largest absolute Gasteiger partial charge is 0.457 e. The molecule has 7 heteroatoms. The second-order valence-electron chi connectivity index (χ2n) is 10.6. The molecular formula is C23H36O7. The molecule has 30 heavy (non-hydrogen) atoms. The third-order valence-corrected chi connectivity index (χ3v) is 8.27. The fourth-order valence-corrected chi connectivity index (χ4v) is 7.00. The van der Waals surface area contributed by atoms with E-state index in [0.29, 0.717) is 6.42 Å². The van der Waals surface area contributed by atoms with Gasteiger partial charge in [0.05, 0.1) is 17.8 Å². The molecule has 1 saturated heterocycles. The van der Waals surface area contributed by atoms with Crippen molar-refractivity contribution >= 4 is 11.8 Å². The molecule has 3 aliphatic rings. The van der Waals surface area contributed by atoms with Gasteiger partial charge in [-0.05, 0) is 32.1 Å². The van der Waals surface area contributed by atoms with Crippen LogP contribution in [0.15, 0.2) is 12.7 Å². The highest BCUT2D eigenvalue weighted by molar-refractivity contribution is 5.92. The molecule has 0 spiro atoms. The van der Waals surface area contributed by atoms with Gasteiger partial charge in [-0.2, -0.15) is 0 Å². The fraction of sp³-hybridized carbons (Fsp3) is 0.826. The van der Waals surface area contributed by atoms with Crippen molar-refractivity contribution < 1.29 is 34.0 Å². The van der Waals surface area contributed by atoms with Gasteiger partial charge in [-0.25, -0.2) is 0 Å². The number of fused-ring (bicyclic) bond motifs is 3. The van der Waals surface area contributed by atoms with Crippen molar-refractivity contribution in [3.05, 3.63) is 12.7 Å². The highest BCUT2D eigenvalue weighted by atomic mass is 16.6. The number of methoxy groups -OCH3 is 1. The quantitative estimate of drug-likeness (QED) is 0.529. The van der Waals surface area contributed by atoms with Gasteiger partial charge in [0.25, 0.3) is 0 Å². The standard InChI is InChI=1S/C23H36O7/c1-9-20(5)12-14(25)23(27)21(6)15(28-8)10-11-19(3,4)17(21)16(26)18(29-13(2)24)22(23,7)30-20/h9,15-18,26-27H,1,10-12H2,2-8H3/t15-,16?,17-,18?,20-,21?,22+,23-/m0/s1. The van der Waals surface area contributed by atoms with Crippen LogP contribution in [0.5, 0.6) is 0 Å². The molecule has 0 aromatic heterocycles. The van der Waals surface area contributed by atoms with E-state index < -0.39 is 63.6 Å². The summed E-state index contributed by atoms with van der Waals surface area (Å²) in [7, 11) is 1.55. The first kappa shape index (κ1) is 23.4. The van der Waals surface area contributed by atoms with E-state index in [2.05, 4.69) is 6.58 Å². The first-order chi connectivity index (χ1) is 13.6. The van der Waals surface area contributed by atoms with Crippen molar-refractivity contribution in [3.8, 4) is 0 Å². The van der Waals surface area contributed by atoms with E-state index in [-0.39, 0.29) is 6.42 Å². The molecule has 3 fully saturated rings. The lowest BCUT2D eigenvalue weighted by Crippen LogP contribution is -2.86. The summed E-state index contributed by atoms with van der Waals surface area (Å²) in [6.07, 6.45) is -0.125. The molecule has 0 amide bonds. The Balaban J connectivity index is 2.34. The predicted molar refractivity (Wildman–Crippen MR) is 110 cm³/mol. The van der Waals surface area contributed by atoms with Gasteiger partial charge in [-0.1, -0.05) is 26.8 Å². The molecule has 0 radical (unpaired) electrons. The number of aliphatic hydroxyl groups excluding tert-OH is 1. The molecule has 170 valence electrons. The van der Waals surface area contributed by atoms with Crippen molar-refractivity contribution in [2.75, 3.05) is 7.11 Å². The minimum absolute atomic E-state index is 0.0787. The molecule has 0 bridgehead atoms. The Morgan fingerprint density at radius 2 is 1.87 bits per heavy atom. The Labute approximate surface area is 178 Å². The number of hydrogen-bond acceptors (Lipinski definition) is 7. The molecule has 1 aliphatic heterocycles. The van der Waals surface area contributed by atoms with E-state index in [1.54, 1.807) is 27.9 Å². The van der Waals surface area contributed by atoms with Crippen LogP contribution in [0.3, 0.4) is 0 Å². The minimum Gasteiger partial charge on any atom is -0.457 e. The lowest BCUT2D eigenvalue weighted by Gasteiger charge is -2.71. The van der Waals surface area contributed by atoms with Crippen molar-refractivity contribution in [1.29, 1.82) is 0 Å². The monoisotopic (exact) mass is 424 g/mol. The molecule has 3 rings (SSSR count). The van der Waals surface area contributed by atoms with Crippen LogP contribution in [0.1, 0.15) is 60.8 Å². The fourth-order valence-electron chi connectivity index (χ4n) is 7.00. The van der Waals surface area contributed by atoms with Gasteiger partial charge in [0.1, 0.15) is 5.60 Å². The van der Waals surface area contributed by atoms with Crippen LogP contribution in [0.2, 0.25) is 0 Å². The number of ketones is 1. The Hall–Kier alpha value is -1.28. The number of rotatable bonds is 3. The highest BCUT2D eigenvalue weighted by Crippen LogP contribution is 2.67. The van der Waals surface area contributed by atoms with Gasteiger partial charge >= 0.3 is 5.97 Å². The summed E-state index contributed by atoms with van der Waals surface area (Å²) in [6.45, 7) is 14.1. The van der Waals surface area contributed by atoms with E-state index in [1.807, 2.05) is 13.8 Å². The summed E-state index contributed by atoms with van der Waals surface area (Å²) >= 11 is 0. The molecule has 2 N–H and O–H groups in total. The summed E-state index contributed by atoms with van der Waals surface area (Å²) in [6, 6.07) is 0. The van der Waals surface area contributed by atoms with Crippen molar-refractivity contribution in [1.82, 2.24) is 0 Å². The Morgan fingerprint density at radius 3 is 2.37 bits per heavy atom. The Kier molecular flexibility index (Phi) is 5.35. The molecule has 2 aliphatic carbocycles. The molecule has 0 aromatic carbocycles. The molecule has 8 atom stereocenters. The maximum Gasteiger partial charge on any atom is 0.303 e. The smallest absolute Gasteiger partial charge is 0.303 e. The van der Waals surface area contributed by atoms with E-state index >= 15 is 0 Å². The summed E-state index contributed by atoms with van der Waals surface area (Å²) < 4.78 is 17.7. The van der Waals surface area contributed by atoms with E-state index in [0.717, 1.165) is 6.42 Å². The number of carbonyl (C=O) groups excluding carboxylic acids is 2. The summed E-state index contributed by atoms with van der Waals surface area (Å²) in [5.41, 5.74) is -6.45. The molecule has 7 nitrogen and oxygen atoms in total. The third kappa shape index (κ3) is 2.71. The molecule has 2 saturated carbocycles. The number of aliphatic hydroxyl groups is 2. The number of ether oxygens (including phenoxy) is 3. The summed E-state index contributed by atoms with van der Waals surface area (Å²) in [5.74, 6) is -1.62. The molecular weight excluding hydrogens is 388 g/mol. The highest BCUT2D eigenvalue weighted by Gasteiger charge is 2.81. The third-order valence-electron chi connectivity index (χ3n) is 8.27. The van der Waals surface area contributed by atoms with Gasteiger partial charge in [0.2, 0.25) is 0 Å². The summed E-state index contributed by atoms with van der Waals surface area (Å²) in [5, 5.41) is 24.0. The second-order valence-corrected chi connectivity index (χ2v) is 10.6.